The zero-order valence-corrected chi connectivity index (χ0v) is 22.6. The Morgan fingerprint density at radius 2 is 1.47 bits per heavy atom. The second kappa shape index (κ2) is 13.2. The summed E-state index contributed by atoms with van der Waals surface area (Å²) in [7, 11) is 5.53. The maximum atomic E-state index is 13.5. The van der Waals surface area contributed by atoms with E-state index in [-0.39, 0.29) is 54.0 Å². The monoisotopic (exact) mass is 455 g/mol. The summed E-state index contributed by atoms with van der Waals surface area (Å²) in [5.41, 5.74) is -0.531. The Bertz CT molecular complexity index is 603. The van der Waals surface area contributed by atoms with Crippen LogP contribution in [0.1, 0.15) is 81.6 Å². The van der Waals surface area contributed by atoms with Crippen LogP contribution in [0.15, 0.2) is 0 Å². The number of rotatable bonds is 12. The average Bonchev–Trinajstić information content (AvgIpc) is 2.62. The highest BCUT2D eigenvalue weighted by molar-refractivity contribution is 5.90. The van der Waals surface area contributed by atoms with Gasteiger partial charge >= 0.3 is 5.97 Å². The van der Waals surface area contributed by atoms with Crippen LogP contribution >= 0.6 is 0 Å². The van der Waals surface area contributed by atoms with Gasteiger partial charge in [-0.1, -0.05) is 48.0 Å². The highest BCUT2D eigenvalue weighted by atomic mass is 16.6. The van der Waals surface area contributed by atoms with E-state index in [0.717, 1.165) is 6.42 Å². The fourth-order valence-corrected chi connectivity index (χ4v) is 4.06. The number of carbonyl (C=O) groups excluding carboxylic acids is 3. The van der Waals surface area contributed by atoms with E-state index in [1.54, 1.807) is 11.9 Å². The van der Waals surface area contributed by atoms with Gasteiger partial charge in [0.05, 0.1) is 6.04 Å². The normalized spacial score (nSPS) is 16.0. The summed E-state index contributed by atoms with van der Waals surface area (Å²) in [4.78, 5) is 42.4. The van der Waals surface area contributed by atoms with Gasteiger partial charge in [0.1, 0.15) is 11.6 Å². The van der Waals surface area contributed by atoms with Gasteiger partial charge in [0.15, 0.2) is 0 Å². The van der Waals surface area contributed by atoms with Crippen LogP contribution in [0, 0.1) is 17.8 Å². The molecule has 0 aliphatic heterocycles. The minimum absolute atomic E-state index is 0.0627. The number of ether oxygens (including phenoxy) is 1. The van der Waals surface area contributed by atoms with Crippen molar-refractivity contribution in [2.45, 2.75) is 105 Å². The molecule has 7 heteroatoms. The lowest BCUT2D eigenvalue weighted by Crippen LogP contribution is -2.57. The van der Waals surface area contributed by atoms with E-state index in [1.165, 1.54) is 0 Å². The van der Waals surface area contributed by atoms with E-state index < -0.39 is 11.6 Å². The molecule has 0 bridgehead atoms. The number of nitrogens with zero attached hydrogens (tertiary/aromatic N) is 2. The zero-order chi connectivity index (χ0) is 25.4. The molecule has 4 atom stereocenters. The Kier molecular flexibility index (Phi) is 12.5. The van der Waals surface area contributed by atoms with E-state index in [4.69, 9.17) is 4.74 Å². The van der Waals surface area contributed by atoms with Crippen LogP contribution in [0.2, 0.25) is 0 Å². The molecule has 0 aromatic carbocycles. The number of amides is 2. The van der Waals surface area contributed by atoms with Crippen LogP contribution in [0.4, 0.5) is 0 Å². The largest absolute Gasteiger partial charge is 0.460 e. The molecule has 0 spiro atoms. The number of likely N-dealkylation sites (N-methyl/N-ethyl adjacent to an activating group) is 2. The number of nitrogens with one attached hydrogen (secondary N) is 1. The first-order valence-electron chi connectivity index (χ1n) is 12.0. The molecule has 0 aromatic rings. The predicted molar refractivity (Wildman–Crippen MR) is 130 cm³/mol. The average molecular weight is 456 g/mol. The summed E-state index contributed by atoms with van der Waals surface area (Å²) in [5, 5.41) is 3.00. The van der Waals surface area contributed by atoms with Crippen molar-refractivity contribution in [1.82, 2.24) is 15.1 Å². The van der Waals surface area contributed by atoms with Crippen LogP contribution < -0.4 is 5.32 Å². The van der Waals surface area contributed by atoms with Crippen LogP contribution in [0.25, 0.3) is 0 Å². The Morgan fingerprint density at radius 1 is 0.938 bits per heavy atom. The minimum Gasteiger partial charge on any atom is -0.460 e. The summed E-state index contributed by atoms with van der Waals surface area (Å²) in [6, 6.07) is -1.05. The van der Waals surface area contributed by atoms with Gasteiger partial charge in [-0.3, -0.25) is 19.3 Å². The molecule has 0 aliphatic rings. The molecule has 2 amide bonds. The first kappa shape index (κ1) is 30.4. The van der Waals surface area contributed by atoms with Gasteiger partial charge in [0, 0.05) is 19.5 Å². The van der Waals surface area contributed by atoms with Crippen molar-refractivity contribution in [3.8, 4) is 0 Å². The number of hydrogen-bond acceptors (Lipinski definition) is 5. The molecule has 32 heavy (non-hydrogen) atoms. The maximum absolute atomic E-state index is 13.5. The maximum Gasteiger partial charge on any atom is 0.306 e. The van der Waals surface area contributed by atoms with Gasteiger partial charge in [-0.05, 0) is 59.0 Å². The third kappa shape index (κ3) is 9.88. The number of hydrogen-bond donors (Lipinski definition) is 1. The molecule has 188 valence electrons. The second-order valence-corrected chi connectivity index (χ2v) is 10.9. The van der Waals surface area contributed by atoms with Crippen molar-refractivity contribution in [2.75, 3.05) is 21.1 Å². The molecule has 1 N–H and O–H groups in total. The van der Waals surface area contributed by atoms with Crippen molar-refractivity contribution in [3.05, 3.63) is 0 Å². The Labute approximate surface area is 196 Å². The highest BCUT2D eigenvalue weighted by Crippen LogP contribution is 2.22. The molecule has 0 rings (SSSR count). The van der Waals surface area contributed by atoms with Gasteiger partial charge in [-0.15, -0.1) is 0 Å². The molecule has 0 saturated heterocycles. The van der Waals surface area contributed by atoms with Crippen molar-refractivity contribution in [3.63, 3.8) is 0 Å². The molecule has 0 aliphatic carbocycles. The molecule has 0 unspecified atom stereocenters. The first-order chi connectivity index (χ1) is 14.5. The molecule has 0 saturated carbocycles. The van der Waals surface area contributed by atoms with Crippen molar-refractivity contribution >= 4 is 17.8 Å². The topological polar surface area (TPSA) is 79.0 Å². The summed E-state index contributed by atoms with van der Waals surface area (Å²) >= 11 is 0. The van der Waals surface area contributed by atoms with Crippen LogP contribution in [-0.2, 0) is 19.1 Å². The van der Waals surface area contributed by atoms with E-state index in [2.05, 4.69) is 19.2 Å². The molecule has 0 fully saturated rings. The Hall–Kier alpha value is -1.63. The zero-order valence-electron chi connectivity index (χ0n) is 22.6. The second-order valence-electron chi connectivity index (χ2n) is 10.9. The molecular formula is C25H49N3O4. The van der Waals surface area contributed by atoms with Gasteiger partial charge in [-0.2, -0.15) is 0 Å². The summed E-state index contributed by atoms with van der Waals surface area (Å²) in [6.07, 6.45) is 1.65. The smallest absolute Gasteiger partial charge is 0.306 e. The lowest BCUT2D eigenvalue weighted by atomic mass is 9.92. The standard InChI is InChI=1S/C25H49N3O4/c1-13-18(6)19(14-15-20(29)32-25(7,8)9)28(12)24(31)21(16(2)3)26-23(30)22(17(4)5)27(10)11/h16-19,21-22H,13-15H2,1-12H3,(H,26,30)/t18-,19+,21-,22-/m0/s1. The van der Waals surface area contributed by atoms with E-state index in [0.29, 0.717) is 6.42 Å². The van der Waals surface area contributed by atoms with Crippen molar-refractivity contribution in [2.24, 2.45) is 17.8 Å². The molecule has 0 heterocycles. The molecular weight excluding hydrogens is 406 g/mol. The molecule has 0 aromatic heterocycles. The highest BCUT2D eigenvalue weighted by Gasteiger charge is 2.35. The lowest BCUT2D eigenvalue weighted by molar-refractivity contribution is -0.155. The van der Waals surface area contributed by atoms with Gasteiger partial charge < -0.3 is 15.0 Å². The number of carbonyl (C=O) groups is 3. The molecule has 7 nitrogen and oxygen atoms in total. The fraction of sp³-hybridized carbons (Fsp3) is 0.880. The molecule has 0 radical (unpaired) electrons. The lowest BCUT2D eigenvalue weighted by Gasteiger charge is -2.37. The van der Waals surface area contributed by atoms with Crippen molar-refractivity contribution in [1.29, 1.82) is 0 Å². The quantitative estimate of drug-likeness (QED) is 0.454. The third-order valence-electron chi connectivity index (χ3n) is 5.90. The van der Waals surface area contributed by atoms with Crippen LogP contribution in [0.3, 0.4) is 0 Å². The summed E-state index contributed by atoms with van der Waals surface area (Å²) < 4.78 is 5.45. The first-order valence-corrected chi connectivity index (χ1v) is 12.0. The van der Waals surface area contributed by atoms with Gasteiger partial charge in [-0.25, -0.2) is 0 Å². The summed E-state index contributed by atoms with van der Waals surface area (Å²) in [6.45, 7) is 17.6. The fourth-order valence-electron chi connectivity index (χ4n) is 4.06. The number of esters is 1. The van der Waals surface area contributed by atoms with E-state index in [1.807, 2.05) is 67.5 Å². The Balaban J connectivity index is 5.53. The summed E-state index contributed by atoms with van der Waals surface area (Å²) in [5.74, 6) is -0.255. The SMILES string of the molecule is CC[C@H](C)[C@@H](CCC(=O)OC(C)(C)C)N(C)C(=O)[C@@H](NC(=O)[C@H](C(C)C)N(C)C)C(C)C. The van der Waals surface area contributed by atoms with Gasteiger partial charge in [0.2, 0.25) is 11.8 Å². The van der Waals surface area contributed by atoms with Crippen LogP contribution in [-0.4, -0.2) is 72.5 Å². The minimum atomic E-state index is -0.623. The van der Waals surface area contributed by atoms with E-state index >= 15 is 0 Å². The van der Waals surface area contributed by atoms with Crippen LogP contribution in [0.5, 0.6) is 0 Å². The Morgan fingerprint density at radius 3 is 1.84 bits per heavy atom. The van der Waals surface area contributed by atoms with Crippen molar-refractivity contribution < 1.29 is 19.1 Å². The van der Waals surface area contributed by atoms with E-state index in [9.17, 15) is 14.4 Å². The van der Waals surface area contributed by atoms with Gasteiger partial charge in [0.25, 0.3) is 0 Å². The third-order valence-corrected chi connectivity index (χ3v) is 5.90. The predicted octanol–water partition coefficient (Wildman–Crippen LogP) is 3.71.